The molecule has 136 valence electrons. The van der Waals surface area contributed by atoms with Gasteiger partial charge >= 0.3 is 0 Å². The molecule has 0 fully saturated rings. The van der Waals surface area contributed by atoms with Crippen LogP contribution in [0.5, 0.6) is 0 Å². The van der Waals surface area contributed by atoms with Crippen molar-refractivity contribution in [2.24, 2.45) is 0 Å². The predicted molar refractivity (Wildman–Crippen MR) is 105 cm³/mol. The summed E-state index contributed by atoms with van der Waals surface area (Å²) in [6.07, 6.45) is 3.75. The molecule has 0 bridgehead atoms. The van der Waals surface area contributed by atoms with Crippen LogP contribution >= 0.6 is 0 Å². The Labute approximate surface area is 153 Å². The van der Waals surface area contributed by atoms with Crippen molar-refractivity contribution in [1.29, 1.82) is 0 Å². The van der Waals surface area contributed by atoms with Gasteiger partial charge in [0.15, 0.2) is 9.84 Å². The fourth-order valence-electron chi connectivity index (χ4n) is 2.60. The van der Waals surface area contributed by atoms with Crippen molar-refractivity contribution < 1.29 is 8.42 Å². The molecule has 7 heteroatoms. The first-order valence-corrected chi connectivity index (χ1v) is 10.4. The van der Waals surface area contributed by atoms with Crippen LogP contribution in [0, 0.1) is 0 Å². The molecule has 2 aromatic carbocycles. The third kappa shape index (κ3) is 4.29. The Morgan fingerprint density at radius 3 is 2.46 bits per heavy atom. The monoisotopic (exact) mass is 370 g/mol. The molecule has 3 rings (SSSR count). The molecule has 26 heavy (non-hydrogen) atoms. The van der Waals surface area contributed by atoms with Crippen molar-refractivity contribution in [1.82, 2.24) is 9.97 Å². The number of rotatable bonds is 7. The molecule has 0 saturated carbocycles. The van der Waals surface area contributed by atoms with E-state index in [0.29, 0.717) is 23.3 Å². The van der Waals surface area contributed by atoms with Gasteiger partial charge in [-0.3, -0.25) is 0 Å². The minimum atomic E-state index is -3.28. The molecule has 0 amide bonds. The minimum absolute atomic E-state index is 0.259. The van der Waals surface area contributed by atoms with Crippen LogP contribution in [0.4, 0.5) is 11.5 Å². The van der Waals surface area contributed by atoms with Crippen LogP contribution in [0.25, 0.3) is 10.9 Å². The maximum Gasteiger partial charge on any atom is 0.175 e. The van der Waals surface area contributed by atoms with Crippen LogP contribution < -0.4 is 10.6 Å². The zero-order valence-corrected chi connectivity index (χ0v) is 15.7. The summed E-state index contributed by atoms with van der Waals surface area (Å²) in [7, 11) is -3.28. The fourth-order valence-corrected chi connectivity index (χ4v) is 3.25. The number of aromatic nitrogens is 2. The first-order valence-electron chi connectivity index (χ1n) is 8.49. The Morgan fingerprint density at radius 1 is 1.00 bits per heavy atom. The molecule has 0 radical (unpaired) electrons. The molecule has 0 saturated heterocycles. The predicted octanol–water partition coefficient (Wildman–Crippen LogP) is 3.47. The smallest absolute Gasteiger partial charge is 0.175 e. The topological polar surface area (TPSA) is 84.0 Å². The molecule has 0 aliphatic carbocycles. The molecular weight excluding hydrogens is 348 g/mol. The molecule has 1 aromatic heterocycles. The Kier molecular flexibility index (Phi) is 5.37. The van der Waals surface area contributed by atoms with Gasteiger partial charge in [0.05, 0.1) is 10.4 Å². The van der Waals surface area contributed by atoms with Gasteiger partial charge in [0, 0.05) is 30.4 Å². The van der Waals surface area contributed by atoms with Crippen LogP contribution in [0.1, 0.15) is 18.9 Å². The van der Waals surface area contributed by atoms with E-state index in [4.69, 9.17) is 0 Å². The normalized spacial score (nSPS) is 11.5. The van der Waals surface area contributed by atoms with Gasteiger partial charge in [-0.2, -0.15) is 0 Å². The van der Waals surface area contributed by atoms with Gasteiger partial charge in [0.2, 0.25) is 0 Å². The second-order valence-electron chi connectivity index (χ2n) is 6.15. The van der Waals surface area contributed by atoms with E-state index in [9.17, 15) is 8.42 Å². The summed E-state index contributed by atoms with van der Waals surface area (Å²) in [5, 5.41) is 7.31. The Balaban J connectivity index is 1.80. The SMILES string of the molecule is CCCNc1ccc(CNc2ncnc3ccc(S(C)(=O)=O)cc23)cc1. The number of hydrogen-bond acceptors (Lipinski definition) is 6. The van der Waals surface area contributed by atoms with Gasteiger partial charge in [0.25, 0.3) is 0 Å². The lowest BCUT2D eigenvalue weighted by molar-refractivity contribution is 0.602. The van der Waals surface area contributed by atoms with Crippen LogP contribution in [-0.2, 0) is 16.4 Å². The van der Waals surface area contributed by atoms with Gasteiger partial charge in [-0.05, 0) is 42.3 Å². The largest absolute Gasteiger partial charge is 0.385 e. The number of nitrogens with zero attached hydrogens (tertiary/aromatic N) is 2. The number of anilines is 2. The second-order valence-corrected chi connectivity index (χ2v) is 8.17. The van der Waals surface area contributed by atoms with Crippen LogP contribution in [-0.4, -0.2) is 31.2 Å². The molecule has 0 spiro atoms. The first kappa shape index (κ1) is 18.1. The van der Waals surface area contributed by atoms with Crippen LogP contribution in [0.2, 0.25) is 0 Å². The fraction of sp³-hybridized carbons (Fsp3) is 0.263. The molecule has 0 atom stereocenters. The highest BCUT2D eigenvalue weighted by atomic mass is 32.2. The van der Waals surface area contributed by atoms with Crippen molar-refractivity contribution >= 4 is 32.2 Å². The summed E-state index contributed by atoms with van der Waals surface area (Å²) in [4.78, 5) is 8.74. The lowest BCUT2D eigenvalue weighted by Gasteiger charge is -2.10. The lowest BCUT2D eigenvalue weighted by atomic mass is 10.2. The molecule has 1 heterocycles. The highest BCUT2D eigenvalue weighted by Crippen LogP contribution is 2.23. The average molecular weight is 370 g/mol. The third-order valence-corrected chi connectivity index (χ3v) is 5.14. The van der Waals surface area contributed by atoms with E-state index in [2.05, 4.69) is 39.7 Å². The average Bonchev–Trinajstić information content (AvgIpc) is 2.64. The molecule has 0 unspecified atom stereocenters. The molecule has 3 aromatic rings. The van der Waals surface area contributed by atoms with Gasteiger partial charge in [0.1, 0.15) is 12.1 Å². The van der Waals surface area contributed by atoms with E-state index in [1.54, 1.807) is 18.2 Å². The number of hydrogen-bond donors (Lipinski definition) is 2. The van der Waals surface area contributed by atoms with E-state index >= 15 is 0 Å². The van der Waals surface area contributed by atoms with E-state index in [0.717, 1.165) is 24.2 Å². The van der Waals surface area contributed by atoms with E-state index < -0.39 is 9.84 Å². The first-order chi connectivity index (χ1) is 12.5. The highest BCUT2D eigenvalue weighted by Gasteiger charge is 2.11. The molecule has 2 N–H and O–H groups in total. The van der Waals surface area contributed by atoms with Crippen molar-refractivity contribution in [2.75, 3.05) is 23.4 Å². The summed E-state index contributed by atoms with van der Waals surface area (Å²) in [6, 6.07) is 13.1. The van der Waals surface area contributed by atoms with Gasteiger partial charge < -0.3 is 10.6 Å². The van der Waals surface area contributed by atoms with E-state index in [1.165, 1.54) is 12.6 Å². The second kappa shape index (κ2) is 7.70. The van der Waals surface area contributed by atoms with Crippen LogP contribution in [0.3, 0.4) is 0 Å². The quantitative estimate of drug-likeness (QED) is 0.662. The third-order valence-electron chi connectivity index (χ3n) is 4.03. The Bertz CT molecular complexity index is 1000. The van der Waals surface area contributed by atoms with Crippen molar-refractivity contribution in [3.05, 3.63) is 54.4 Å². The standard InChI is InChI=1S/C19H22N4O2S/c1-3-10-20-15-6-4-14(5-7-15)12-21-19-17-11-16(26(2,24)25)8-9-18(17)22-13-23-19/h4-9,11,13,20H,3,10,12H2,1-2H3,(H,21,22,23). The van der Waals surface area contributed by atoms with Crippen LogP contribution in [0.15, 0.2) is 53.7 Å². The summed E-state index contributed by atoms with van der Waals surface area (Å²) in [6.45, 7) is 3.67. The maximum absolute atomic E-state index is 11.8. The zero-order chi connectivity index (χ0) is 18.6. The van der Waals surface area contributed by atoms with Crippen molar-refractivity contribution in [2.45, 2.75) is 24.8 Å². The lowest BCUT2D eigenvalue weighted by Crippen LogP contribution is -2.04. The van der Waals surface area contributed by atoms with Crippen molar-refractivity contribution in [3.63, 3.8) is 0 Å². The molecule has 0 aliphatic heterocycles. The number of benzene rings is 2. The Hall–Kier alpha value is -2.67. The molecule has 0 aliphatic rings. The summed E-state index contributed by atoms with van der Waals surface area (Å²) in [5.41, 5.74) is 2.91. The number of sulfone groups is 1. The summed E-state index contributed by atoms with van der Waals surface area (Å²) < 4.78 is 23.6. The summed E-state index contributed by atoms with van der Waals surface area (Å²) in [5.74, 6) is 0.619. The van der Waals surface area contributed by atoms with Gasteiger partial charge in [-0.15, -0.1) is 0 Å². The van der Waals surface area contributed by atoms with Gasteiger partial charge in [-0.25, -0.2) is 18.4 Å². The maximum atomic E-state index is 11.8. The number of fused-ring (bicyclic) bond motifs is 1. The van der Waals surface area contributed by atoms with E-state index in [1.807, 2.05) is 12.1 Å². The van der Waals surface area contributed by atoms with E-state index in [-0.39, 0.29) is 4.90 Å². The molecular formula is C19H22N4O2S. The minimum Gasteiger partial charge on any atom is -0.385 e. The van der Waals surface area contributed by atoms with Crippen molar-refractivity contribution in [3.8, 4) is 0 Å². The van der Waals surface area contributed by atoms with Gasteiger partial charge in [-0.1, -0.05) is 19.1 Å². The zero-order valence-electron chi connectivity index (χ0n) is 14.9. The summed E-state index contributed by atoms with van der Waals surface area (Å²) >= 11 is 0. The molecule has 6 nitrogen and oxygen atoms in total. The Morgan fingerprint density at radius 2 is 1.77 bits per heavy atom. The number of nitrogens with one attached hydrogen (secondary N) is 2. The highest BCUT2D eigenvalue weighted by molar-refractivity contribution is 7.90.